The van der Waals surface area contributed by atoms with E-state index < -0.39 is 17.6 Å². The van der Waals surface area contributed by atoms with Crippen molar-refractivity contribution in [2.75, 3.05) is 16.8 Å². The van der Waals surface area contributed by atoms with E-state index in [2.05, 4.69) is 5.32 Å². The summed E-state index contributed by atoms with van der Waals surface area (Å²) in [5, 5.41) is 2.94. The third-order valence-electron chi connectivity index (χ3n) is 4.65. The van der Waals surface area contributed by atoms with Gasteiger partial charge in [0, 0.05) is 5.69 Å². The number of anilines is 2. The predicted molar refractivity (Wildman–Crippen MR) is 113 cm³/mol. The highest BCUT2D eigenvalue weighted by Crippen LogP contribution is 2.34. The minimum absolute atomic E-state index is 0.102. The number of ether oxygens (including phenoxy) is 1. The Balaban J connectivity index is 1.76. The van der Waals surface area contributed by atoms with Crippen molar-refractivity contribution >= 4 is 28.8 Å². The number of nitrogens with one attached hydrogen (secondary N) is 1. The number of amides is 2. The van der Waals surface area contributed by atoms with Crippen LogP contribution in [0.25, 0.3) is 5.57 Å². The molecule has 0 bridgehead atoms. The predicted octanol–water partition coefficient (Wildman–Crippen LogP) is 4.62. The quantitative estimate of drug-likeness (QED) is 0.611. The van der Waals surface area contributed by atoms with Gasteiger partial charge in [-0.05, 0) is 55.0 Å². The third kappa shape index (κ3) is 3.67. The number of nitrogens with zero attached hydrogens (tertiary/aromatic N) is 1. The van der Waals surface area contributed by atoms with Crippen LogP contribution in [-0.2, 0) is 9.59 Å². The Kier molecular flexibility index (Phi) is 5.30. The lowest BCUT2D eigenvalue weighted by atomic mass is 10.0. The molecule has 1 aliphatic rings. The second-order valence-electron chi connectivity index (χ2n) is 6.62. The Bertz CT molecular complexity index is 1120. The van der Waals surface area contributed by atoms with Crippen LogP contribution in [0.15, 0.2) is 84.6 Å². The zero-order valence-electron chi connectivity index (χ0n) is 16.3. The van der Waals surface area contributed by atoms with Gasteiger partial charge in [-0.3, -0.25) is 9.59 Å². The molecule has 0 radical (unpaired) electrons. The second-order valence-corrected chi connectivity index (χ2v) is 6.62. The van der Waals surface area contributed by atoms with Crippen LogP contribution in [-0.4, -0.2) is 18.4 Å². The molecule has 1 N–H and O–H groups in total. The molecule has 0 unspecified atom stereocenters. The van der Waals surface area contributed by atoms with Crippen molar-refractivity contribution in [2.24, 2.45) is 0 Å². The van der Waals surface area contributed by atoms with Crippen LogP contribution < -0.4 is 15.0 Å². The first-order valence-electron chi connectivity index (χ1n) is 9.52. The molecule has 30 heavy (non-hydrogen) atoms. The Hall–Kier alpha value is -3.93. The number of halogens is 1. The number of hydrogen-bond acceptors (Lipinski definition) is 4. The van der Waals surface area contributed by atoms with E-state index in [0.29, 0.717) is 29.3 Å². The molecule has 6 heteroatoms. The summed E-state index contributed by atoms with van der Waals surface area (Å²) in [6, 6.07) is 21.4. The molecular weight excluding hydrogens is 383 g/mol. The SMILES string of the molecule is CCOc1ccc(N2C(=O)C(Nc3cccc(F)c3)=C(c3ccccc3)C2=O)cc1. The van der Waals surface area contributed by atoms with Crippen molar-refractivity contribution in [3.63, 3.8) is 0 Å². The Morgan fingerprint density at radius 2 is 1.63 bits per heavy atom. The highest BCUT2D eigenvalue weighted by Gasteiger charge is 2.40. The zero-order chi connectivity index (χ0) is 21.1. The topological polar surface area (TPSA) is 58.6 Å². The molecule has 150 valence electrons. The van der Waals surface area contributed by atoms with Gasteiger partial charge in [-0.1, -0.05) is 36.4 Å². The fraction of sp³-hybridized carbons (Fsp3) is 0.0833. The maximum atomic E-state index is 13.6. The van der Waals surface area contributed by atoms with Gasteiger partial charge < -0.3 is 10.1 Å². The van der Waals surface area contributed by atoms with Crippen LogP contribution in [0.4, 0.5) is 15.8 Å². The molecule has 4 rings (SSSR count). The lowest BCUT2D eigenvalue weighted by Gasteiger charge is -2.16. The van der Waals surface area contributed by atoms with Crippen molar-refractivity contribution in [2.45, 2.75) is 6.92 Å². The van der Waals surface area contributed by atoms with Crippen LogP contribution in [0.3, 0.4) is 0 Å². The standard InChI is InChI=1S/C24H19FN2O3/c1-2-30-20-13-11-19(12-14-20)27-23(28)21(16-7-4-3-5-8-16)22(24(27)29)26-18-10-6-9-17(25)15-18/h3-15,26H,2H2,1H3. The summed E-state index contributed by atoms with van der Waals surface area (Å²) in [5.41, 5.74) is 1.75. The van der Waals surface area contributed by atoms with Gasteiger partial charge in [0.2, 0.25) is 0 Å². The molecule has 0 saturated carbocycles. The normalized spacial score (nSPS) is 13.7. The monoisotopic (exact) mass is 402 g/mol. The van der Waals surface area contributed by atoms with Gasteiger partial charge in [-0.2, -0.15) is 0 Å². The number of imide groups is 1. The van der Waals surface area contributed by atoms with Crippen molar-refractivity contribution in [3.05, 3.63) is 95.9 Å². The van der Waals surface area contributed by atoms with E-state index in [1.165, 1.54) is 18.2 Å². The first-order valence-corrected chi connectivity index (χ1v) is 9.52. The van der Waals surface area contributed by atoms with Gasteiger partial charge in [-0.15, -0.1) is 0 Å². The Labute approximate surface area is 173 Å². The van der Waals surface area contributed by atoms with Crippen LogP contribution in [0.2, 0.25) is 0 Å². The molecule has 3 aromatic rings. The number of rotatable bonds is 6. The molecule has 0 aliphatic carbocycles. The third-order valence-corrected chi connectivity index (χ3v) is 4.65. The van der Waals surface area contributed by atoms with E-state index in [9.17, 15) is 14.0 Å². The van der Waals surface area contributed by atoms with Crippen LogP contribution >= 0.6 is 0 Å². The second kappa shape index (κ2) is 8.21. The number of benzene rings is 3. The fourth-order valence-corrected chi connectivity index (χ4v) is 3.32. The van der Waals surface area contributed by atoms with Crippen molar-refractivity contribution < 1.29 is 18.7 Å². The van der Waals surface area contributed by atoms with E-state index in [0.717, 1.165) is 4.90 Å². The first-order chi connectivity index (χ1) is 14.6. The van der Waals surface area contributed by atoms with E-state index >= 15 is 0 Å². The lowest BCUT2D eigenvalue weighted by molar-refractivity contribution is -0.120. The summed E-state index contributed by atoms with van der Waals surface area (Å²) in [7, 11) is 0. The Morgan fingerprint density at radius 1 is 0.900 bits per heavy atom. The summed E-state index contributed by atoms with van der Waals surface area (Å²) in [5.74, 6) is -0.752. The minimum Gasteiger partial charge on any atom is -0.494 e. The van der Waals surface area contributed by atoms with Gasteiger partial charge in [0.05, 0.1) is 17.9 Å². The van der Waals surface area contributed by atoms with E-state index in [1.54, 1.807) is 54.6 Å². The molecule has 0 atom stereocenters. The average Bonchev–Trinajstić information content (AvgIpc) is 2.99. The molecule has 0 saturated heterocycles. The molecule has 5 nitrogen and oxygen atoms in total. The summed E-state index contributed by atoms with van der Waals surface area (Å²) in [6.07, 6.45) is 0. The maximum absolute atomic E-state index is 13.6. The summed E-state index contributed by atoms with van der Waals surface area (Å²) in [6.45, 7) is 2.39. The van der Waals surface area contributed by atoms with Gasteiger partial charge in [-0.25, -0.2) is 9.29 Å². The van der Waals surface area contributed by atoms with Crippen molar-refractivity contribution in [1.29, 1.82) is 0 Å². The molecular formula is C24H19FN2O3. The minimum atomic E-state index is -0.507. The van der Waals surface area contributed by atoms with Gasteiger partial charge >= 0.3 is 0 Å². The molecule has 3 aromatic carbocycles. The molecule has 1 aliphatic heterocycles. The maximum Gasteiger partial charge on any atom is 0.282 e. The van der Waals surface area contributed by atoms with Gasteiger partial charge in [0.15, 0.2) is 0 Å². The molecule has 0 spiro atoms. The number of carbonyl (C=O) groups is 2. The van der Waals surface area contributed by atoms with E-state index in [-0.39, 0.29) is 11.3 Å². The van der Waals surface area contributed by atoms with Gasteiger partial charge in [0.25, 0.3) is 11.8 Å². The largest absolute Gasteiger partial charge is 0.494 e. The fourth-order valence-electron chi connectivity index (χ4n) is 3.32. The van der Waals surface area contributed by atoms with Crippen molar-refractivity contribution in [3.8, 4) is 5.75 Å². The number of carbonyl (C=O) groups excluding carboxylic acids is 2. The van der Waals surface area contributed by atoms with Crippen LogP contribution in [0.5, 0.6) is 5.75 Å². The van der Waals surface area contributed by atoms with Crippen LogP contribution in [0, 0.1) is 5.82 Å². The Morgan fingerprint density at radius 3 is 2.30 bits per heavy atom. The average molecular weight is 402 g/mol. The highest BCUT2D eigenvalue weighted by atomic mass is 19.1. The van der Waals surface area contributed by atoms with E-state index in [1.807, 2.05) is 13.0 Å². The molecule has 0 fully saturated rings. The summed E-state index contributed by atoms with van der Waals surface area (Å²) < 4.78 is 19.1. The van der Waals surface area contributed by atoms with Crippen LogP contribution in [0.1, 0.15) is 12.5 Å². The zero-order valence-corrected chi connectivity index (χ0v) is 16.3. The lowest BCUT2D eigenvalue weighted by Crippen LogP contribution is -2.32. The highest BCUT2D eigenvalue weighted by molar-refractivity contribution is 6.46. The first kappa shape index (κ1) is 19.4. The summed E-state index contributed by atoms with van der Waals surface area (Å²) in [4.78, 5) is 27.7. The molecule has 1 heterocycles. The van der Waals surface area contributed by atoms with Crippen molar-refractivity contribution in [1.82, 2.24) is 0 Å². The summed E-state index contributed by atoms with van der Waals surface area (Å²) >= 11 is 0. The smallest absolute Gasteiger partial charge is 0.282 e. The number of hydrogen-bond donors (Lipinski definition) is 1. The van der Waals surface area contributed by atoms with Gasteiger partial charge in [0.1, 0.15) is 17.3 Å². The molecule has 2 amide bonds. The molecule has 0 aromatic heterocycles. The van der Waals surface area contributed by atoms with E-state index in [4.69, 9.17) is 4.74 Å².